The van der Waals surface area contributed by atoms with Crippen LogP contribution in [0.4, 0.5) is 23.2 Å². The molecule has 0 spiro atoms. The van der Waals surface area contributed by atoms with Crippen LogP contribution in [0.1, 0.15) is 36.8 Å². The molecule has 3 rings (SSSR count). The van der Waals surface area contributed by atoms with Gasteiger partial charge in [0.15, 0.2) is 5.82 Å². The normalized spacial score (nSPS) is 16.8. The van der Waals surface area contributed by atoms with Gasteiger partial charge in [-0.3, -0.25) is 9.59 Å². The Morgan fingerprint density at radius 1 is 1.12 bits per heavy atom. The molecular weight excluding hydrogens is 473 g/mol. The molecule has 1 unspecified atom stereocenters. The van der Waals surface area contributed by atoms with Crippen LogP contribution in [0.15, 0.2) is 36.4 Å². The second-order valence-electron chi connectivity index (χ2n) is 8.00. The summed E-state index contributed by atoms with van der Waals surface area (Å²) in [6.45, 7) is 0.867. The van der Waals surface area contributed by atoms with E-state index in [1.807, 2.05) is 0 Å². The standard InChI is InChI=1S/C22H19Cl2F4NO3/c1-11(22(26,27)28)17(12-2-4-13(23)5-3-12)19(30)29-16-7-6-15(24)14(18(16)25)10-21(8-9-21)20(31)32/h2-7,11,17H,8-10H2,1H3,(H,29,30)(H,31,32)/t11?,17-/m0/s1. The number of benzene rings is 2. The van der Waals surface area contributed by atoms with Gasteiger partial charge in [0.25, 0.3) is 0 Å². The quantitative estimate of drug-likeness (QED) is 0.436. The van der Waals surface area contributed by atoms with E-state index in [0.29, 0.717) is 12.8 Å². The van der Waals surface area contributed by atoms with E-state index >= 15 is 4.39 Å². The Kier molecular flexibility index (Phi) is 6.77. The number of anilines is 1. The first kappa shape index (κ1) is 24.3. The lowest BCUT2D eigenvalue weighted by Gasteiger charge is -2.26. The van der Waals surface area contributed by atoms with Gasteiger partial charge < -0.3 is 10.4 Å². The molecular formula is C22H19Cl2F4NO3. The van der Waals surface area contributed by atoms with Crippen molar-refractivity contribution in [2.45, 2.75) is 38.3 Å². The van der Waals surface area contributed by atoms with E-state index in [4.69, 9.17) is 23.2 Å². The van der Waals surface area contributed by atoms with Gasteiger partial charge >= 0.3 is 12.1 Å². The Morgan fingerprint density at radius 3 is 2.22 bits per heavy atom. The van der Waals surface area contributed by atoms with Gasteiger partial charge in [-0.2, -0.15) is 13.2 Å². The molecule has 32 heavy (non-hydrogen) atoms. The maximum absolute atomic E-state index is 15.1. The molecule has 0 saturated heterocycles. The lowest BCUT2D eigenvalue weighted by atomic mass is 9.85. The molecule has 1 amide bonds. The zero-order chi connectivity index (χ0) is 23.8. The number of halogens is 6. The molecule has 1 saturated carbocycles. The maximum atomic E-state index is 15.1. The molecule has 10 heteroatoms. The zero-order valence-electron chi connectivity index (χ0n) is 16.8. The van der Waals surface area contributed by atoms with Gasteiger partial charge in [0.1, 0.15) is 0 Å². The third kappa shape index (κ3) is 5.02. The fourth-order valence-electron chi connectivity index (χ4n) is 3.55. The molecule has 0 heterocycles. The average Bonchev–Trinajstić information content (AvgIpc) is 3.49. The van der Waals surface area contributed by atoms with Gasteiger partial charge in [-0.05, 0) is 49.1 Å². The van der Waals surface area contributed by atoms with Crippen LogP contribution in [0.2, 0.25) is 10.0 Å². The molecule has 172 valence electrons. The highest BCUT2D eigenvalue weighted by atomic mass is 35.5. The van der Waals surface area contributed by atoms with Crippen molar-refractivity contribution in [3.05, 3.63) is 63.4 Å². The Morgan fingerprint density at radius 2 is 1.72 bits per heavy atom. The minimum atomic E-state index is -4.69. The van der Waals surface area contributed by atoms with E-state index < -0.39 is 41.1 Å². The fraction of sp³-hybridized carbons (Fsp3) is 0.364. The molecule has 2 aromatic carbocycles. The van der Waals surface area contributed by atoms with Crippen molar-refractivity contribution in [2.75, 3.05) is 5.32 Å². The fourth-order valence-corrected chi connectivity index (χ4v) is 3.89. The van der Waals surface area contributed by atoms with Crippen LogP contribution >= 0.6 is 23.2 Å². The SMILES string of the molecule is CC([C@H](C(=O)Nc1ccc(Cl)c(CC2(C(=O)O)CC2)c1F)c1ccc(Cl)cc1)C(F)(F)F. The van der Waals surface area contributed by atoms with Crippen molar-refractivity contribution in [1.82, 2.24) is 0 Å². The maximum Gasteiger partial charge on any atom is 0.392 e. The van der Waals surface area contributed by atoms with E-state index in [1.54, 1.807) is 0 Å². The first-order chi connectivity index (χ1) is 14.9. The van der Waals surface area contributed by atoms with Crippen molar-refractivity contribution in [3.8, 4) is 0 Å². The van der Waals surface area contributed by atoms with Gasteiger partial charge in [-0.15, -0.1) is 0 Å². The number of nitrogens with one attached hydrogen (secondary N) is 1. The number of hydrogen-bond donors (Lipinski definition) is 2. The number of aliphatic carboxylic acids is 1. The van der Waals surface area contributed by atoms with Crippen molar-refractivity contribution in [1.29, 1.82) is 0 Å². The van der Waals surface area contributed by atoms with Crippen molar-refractivity contribution >= 4 is 40.8 Å². The number of carbonyl (C=O) groups is 2. The first-order valence-electron chi connectivity index (χ1n) is 9.69. The molecule has 2 N–H and O–H groups in total. The van der Waals surface area contributed by atoms with E-state index in [-0.39, 0.29) is 33.3 Å². The number of carboxylic acids is 1. The number of amides is 1. The second-order valence-corrected chi connectivity index (χ2v) is 8.84. The largest absolute Gasteiger partial charge is 0.481 e. The number of hydrogen-bond acceptors (Lipinski definition) is 2. The highest BCUT2D eigenvalue weighted by Crippen LogP contribution is 2.50. The van der Waals surface area contributed by atoms with Crippen LogP contribution in [-0.2, 0) is 16.0 Å². The molecule has 0 radical (unpaired) electrons. The smallest absolute Gasteiger partial charge is 0.392 e. The summed E-state index contributed by atoms with van der Waals surface area (Å²) in [5.41, 5.74) is -1.53. The van der Waals surface area contributed by atoms with Crippen molar-refractivity contribution in [2.24, 2.45) is 11.3 Å². The van der Waals surface area contributed by atoms with Crippen LogP contribution in [0.3, 0.4) is 0 Å². The topological polar surface area (TPSA) is 66.4 Å². The van der Waals surface area contributed by atoms with E-state index in [2.05, 4.69) is 5.32 Å². The van der Waals surface area contributed by atoms with Gasteiger partial charge in [0, 0.05) is 15.6 Å². The highest BCUT2D eigenvalue weighted by Gasteiger charge is 2.51. The summed E-state index contributed by atoms with van der Waals surface area (Å²) < 4.78 is 55.6. The van der Waals surface area contributed by atoms with Crippen LogP contribution in [0.5, 0.6) is 0 Å². The monoisotopic (exact) mass is 491 g/mol. The number of carbonyl (C=O) groups excluding carboxylic acids is 1. The minimum Gasteiger partial charge on any atom is -0.481 e. The zero-order valence-corrected chi connectivity index (χ0v) is 18.3. The van der Waals surface area contributed by atoms with Gasteiger partial charge in [0.2, 0.25) is 5.91 Å². The predicted molar refractivity (Wildman–Crippen MR) is 112 cm³/mol. The van der Waals surface area contributed by atoms with E-state index in [0.717, 1.165) is 13.0 Å². The molecule has 1 aliphatic rings. The summed E-state index contributed by atoms with van der Waals surface area (Å²) in [6, 6.07) is 7.75. The van der Waals surface area contributed by atoms with Gasteiger partial charge in [-0.1, -0.05) is 42.3 Å². The molecule has 4 nitrogen and oxygen atoms in total. The first-order valence-corrected chi connectivity index (χ1v) is 10.4. The molecule has 2 aromatic rings. The van der Waals surface area contributed by atoms with Crippen molar-refractivity contribution < 1.29 is 32.3 Å². The molecule has 1 fully saturated rings. The molecule has 1 aliphatic carbocycles. The van der Waals surface area contributed by atoms with Crippen LogP contribution in [0.25, 0.3) is 0 Å². The van der Waals surface area contributed by atoms with Crippen LogP contribution < -0.4 is 5.32 Å². The van der Waals surface area contributed by atoms with E-state index in [1.165, 1.54) is 30.3 Å². The number of rotatable bonds is 7. The van der Waals surface area contributed by atoms with Crippen molar-refractivity contribution in [3.63, 3.8) is 0 Å². The Labute approximate surface area is 191 Å². The lowest BCUT2D eigenvalue weighted by Crippen LogP contribution is -2.34. The van der Waals surface area contributed by atoms with Crippen LogP contribution in [0, 0.1) is 17.2 Å². The summed E-state index contributed by atoms with van der Waals surface area (Å²) in [5, 5.41) is 11.9. The Balaban J connectivity index is 1.93. The second kappa shape index (κ2) is 8.90. The van der Waals surface area contributed by atoms with Crippen LogP contribution in [-0.4, -0.2) is 23.2 Å². The predicted octanol–water partition coefficient (Wildman–Crippen LogP) is 6.46. The van der Waals surface area contributed by atoms with Gasteiger partial charge in [0.05, 0.1) is 22.9 Å². The minimum absolute atomic E-state index is 0.0223. The summed E-state index contributed by atoms with van der Waals surface area (Å²) >= 11 is 11.9. The molecule has 0 bridgehead atoms. The third-order valence-electron chi connectivity index (χ3n) is 5.79. The average molecular weight is 492 g/mol. The summed E-state index contributed by atoms with van der Waals surface area (Å²) in [7, 11) is 0. The summed E-state index contributed by atoms with van der Waals surface area (Å²) in [6.07, 6.45) is -4.16. The molecule has 0 aromatic heterocycles. The summed E-state index contributed by atoms with van der Waals surface area (Å²) in [4.78, 5) is 24.4. The Bertz CT molecular complexity index is 1040. The van der Waals surface area contributed by atoms with E-state index in [9.17, 15) is 27.9 Å². The molecule has 0 aliphatic heterocycles. The lowest BCUT2D eigenvalue weighted by molar-refractivity contribution is -0.178. The summed E-state index contributed by atoms with van der Waals surface area (Å²) in [5.74, 6) is -6.85. The number of alkyl halides is 3. The number of carboxylic acid groups (broad SMARTS) is 1. The Hall–Kier alpha value is -2.32. The molecule has 2 atom stereocenters. The van der Waals surface area contributed by atoms with Gasteiger partial charge in [-0.25, -0.2) is 4.39 Å². The highest BCUT2D eigenvalue weighted by molar-refractivity contribution is 6.31. The third-order valence-corrected chi connectivity index (χ3v) is 6.40.